The van der Waals surface area contributed by atoms with E-state index in [9.17, 15) is 19.8 Å². The molecule has 2 rings (SSSR count). The Morgan fingerprint density at radius 2 is 1.96 bits per heavy atom. The number of aliphatic hydroxyl groups is 2. The topological polar surface area (TPSA) is 83.8 Å². The molecule has 5 nitrogen and oxygen atoms in total. The van der Waals surface area contributed by atoms with Gasteiger partial charge >= 0.3 is 5.97 Å². The van der Waals surface area contributed by atoms with Gasteiger partial charge in [0.1, 0.15) is 5.78 Å². The molecular formula is C22H32O5S. The van der Waals surface area contributed by atoms with E-state index in [0.29, 0.717) is 5.75 Å². The lowest BCUT2D eigenvalue weighted by molar-refractivity contribution is -0.142. The van der Waals surface area contributed by atoms with Gasteiger partial charge in [0.2, 0.25) is 0 Å². The van der Waals surface area contributed by atoms with Gasteiger partial charge in [-0.2, -0.15) is 11.8 Å². The summed E-state index contributed by atoms with van der Waals surface area (Å²) in [6.45, 7) is 1.72. The monoisotopic (exact) mass is 408 g/mol. The smallest absolute Gasteiger partial charge is 0.313 e. The van der Waals surface area contributed by atoms with Crippen molar-refractivity contribution < 1.29 is 24.5 Å². The Bertz CT molecular complexity index is 619. The third-order valence-electron chi connectivity index (χ3n) is 5.33. The predicted octanol–water partition coefficient (Wildman–Crippen LogP) is 3.33. The molecule has 1 fully saturated rings. The van der Waals surface area contributed by atoms with Crippen molar-refractivity contribution in [2.75, 3.05) is 12.9 Å². The Labute approximate surface area is 171 Å². The number of carbonyl (C=O) groups excluding carboxylic acids is 2. The number of benzene rings is 1. The number of hydrogen-bond donors (Lipinski definition) is 2. The van der Waals surface area contributed by atoms with E-state index in [1.165, 1.54) is 18.9 Å². The number of thioether (sulfide) groups is 1. The molecule has 1 aliphatic carbocycles. The quantitative estimate of drug-likeness (QED) is 0.432. The molecule has 1 saturated carbocycles. The molecule has 156 valence electrons. The molecule has 28 heavy (non-hydrogen) atoms. The number of hydrogen-bond acceptors (Lipinski definition) is 6. The molecule has 0 amide bonds. The minimum atomic E-state index is -0.608. The zero-order valence-corrected chi connectivity index (χ0v) is 17.6. The van der Waals surface area contributed by atoms with Gasteiger partial charge < -0.3 is 14.9 Å². The molecule has 0 heterocycles. The number of methoxy groups -OCH3 is 1. The summed E-state index contributed by atoms with van der Waals surface area (Å²) >= 11 is 1.50. The van der Waals surface area contributed by atoms with Gasteiger partial charge in [0.25, 0.3) is 0 Å². The highest BCUT2D eigenvalue weighted by Gasteiger charge is 2.41. The van der Waals surface area contributed by atoms with Gasteiger partial charge in [-0.15, -0.1) is 0 Å². The van der Waals surface area contributed by atoms with E-state index in [-0.39, 0.29) is 35.3 Å². The molecule has 1 aliphatic rings. The van der Waals surface area contributed by atoms with Crippen LogP contribution in [0, 0.1) is 5.92 Å². The van der Waals surface area contributed by atoms with Gasteiger partial charge in [0.05, 0.1) is 25.2 Å². The largest absolute Gasteiger partial charge is 0.469 e. The first kappa shape index (κ1) is 22.9. The second-order valence-electron chi connectivity index (χ2n) is 7.62. The van der Waals surface area contributed by atoms with Crippen LogP contribution in [0.3, 0.4) is 0 Å². The van der Waals surface area contributed by atoms with Crippen molar-refractivity contribution in [3.8, 4) is 0 Å². The number of rotatable bonds is 11. The number of carbonyl (C=O) groups is 2. The second kappa shape index (κ2) is 11.6. The fourth-order valence-corrected chi connectivity index (χ4v) is 5.20. The minimum Gasteiger partial charge on any atom is -0.469 e. The maximum absolute atomic E-state index is 12.2. The zero-order chi connectivity index (χ0) is 20.5. The van der Waals surface area contributed by atoms with E-state index in [0.717, 1.165) is 37.7 Å². The number of ketones is 1. The first-order chi connectivity index (χ1) is 13.4. The van der Waals surface area contributed by atoms with Crippen LogP contribution in [-0.4, -0.2) is 52.3 Å². The van der Waals surface area contributed by atoms with Crippen LogP contribution in [-0.2, 0) is 14.3 Å². The third kappa shape index (κ3) is 6.61. The molecule has 0 spiro atoms. The van der Waals surface area contributed by atoms with E-state index in [1.54, 1.807) is 6.92 Å². The van der Waals surface area contributed by atoms with Crippen molar-refractivity contribution in [1.29, 1.82) is 0 Å². The molecule has 2 N–H and O–H groups in total. The highest BCUT2D eigenvalue weighted by Crippen LogP contribution is 2.36. The summed E-state index contributed by atoms with van der Waals surface area (Å²) in [4.78, 5) is 24.3. The summed E-state index contributed by atoms with van der Waals surface area (Å²) < 4.78 is 4.96. The molecule has 1 aromatic rings. The first-order valence-corrected chi connectivity index (χ1v) is 11.1. The van der Waals surface area contributed by atoms with Crippen molar-refractivity contribution in [3.63, 3.8) is 0 Å². The van der Waals surface area contributed by atoms with Crippen LogP contribution >= 0.6 is 11.8 Å². The zero-order valence-electron chi connectivity index (χ0n) is 16.8. The number of Topliss-reactive ketones (excluding diaryl/α,β-unsaturated/α-hetero) is 1. The number of aliphatic hydroxyl groups excluding tert-OH is 2. The lowest BCUT2D eigenvalue weighted by Gasteiger charge is -2.21. The van der Waals surface area contributed by atoms with Gasteiger partial charge in [-0.25, -0.2) is 0 Å². The lowest BCUT2D eigenvalue weighted by atomic mass is 9.92. The van der Waals surface area contributed by atoms with Crippen LogP contribution in [0.15, 0.2) is 30.3 Å². The second-order valence-corrected chi connectivity index (χ2v) is 8.83. The van der Waals surface area contributed by atoms with Crippen LogP contribution in [0.4, 0.5) is 0 Å². The van der Waals surface area contributed by atoms with E-state index in [1.807, 2.05) is 30.3 Å². The molecule has 0 saturated heterocycles. The molecule has 3 unspecified atom stereocenters. The van der Waals surface area contributed by atoms with Crippen LogP contribution in [0.5, 0.6) is 0 Å². The third-order valence-corrected chi connectivity index (χ3v) is 7.03. The van der Waals surface area contributed by atoms with Gasteiger partial charge in [-0.3, -0.25) is 9.59 Å². The standard InChI is InChI=1S/C22H32O5S/c1-15(23)14-28-21-18(19(24)13-20(21)25)12-8-4-7-11-17(22(26)27-2)16-9-5-3-6-10-16/h3,5-6,9-10,15,17-18,20-21,23,25H,4,7-8,11-14H2,1-2H3/t15?,17?,18-,20?,21+/m0/s1. The average molecular weight is 409 g/mol. The van der Waals surface area contributed by atoms with Crippen LogP contribution in [0.2, 0.25) is 0 Å². The summed E-state index contributed by atoms with van der Waals surface area (Å²) in [7, 11) is 1.42. The fraction of sp³-hybridized carbons (Fsp3) is 0.636. The average Bonchev–Trinajstić information content (AvgIpc) is 2.95. The molecule has 5 atom stereocenters. The Morgan fingerprint density at radius 3 is 2.61 bits per heavy atom. The van der Waals surface area contributed by atoms with Gasteiger partial charge in [-0.05, 0) is 25.3 Å². The lowest BCUT2D eigenvalue weighted by Crippen LogP contribution is -2.25. The number of unbranched alkanes of at least 4 members (excludes halogenated alkanes) is 2. The highest BCUT2D eigenvalue weighted by molar-refractivity contribution is 8.00. The molecule has 0 bridgehead atoms. The van der Waals surface area contributed by atoms with Gasteiger partial charge in [0, 0.05) is 23.3 Å². The minimum absolute atomic E-state index is 0.116. The van der Waals surface area contributed by atoms with E-state index in [2.05, 4.69) is 0 Å². The number of esters is 1. The summed E-state index contributed by atoms with van der Waals surface area (Å²) in [5, 5.41) is 19.5. The van der Waals surface area contributed by atoms with Crippen LogP contribution in [0.25, 0.3) is 0 Å². The van der Waals surface area contributed by atoms with Crippen LogP contribution in [0.1, 0.15) is 56.9 Å². The molecule has 6 heteroatoms. The van der Waals surface area contributed by atoms with Crippen molar-refractivity contribution in [2.45, 2.75) is 68.8 Å². The summed E-state index contributed by atoms with van der Waals surface area (Å²) in [5.74, 6) is 0.0607. The number of ether oxygens (including phenoxy) is 1. The van der Waals surface area contributed by atoms with Gasteiger partial charge in [0.15, 0.2) is 0 Å². The van der Waals surface area contributed by atoms with Crippen molar-refractivity contribution in [2.24, 2.45) is 5.92 Å². The molecule has 1 aromatic carbocycles. The Kier molecular flexibility index (Phi) is 9.48. The molecule has 0 aliphatic heterocycles. The molecule has 0 aromatic heterocycles. The Balaban J connectivity index is 1.80. The van der Waals surface area contributed by atoms with Crippen molar-refractivity contribution >= 4 is 23.5 Å². The summed E-state index contributed by atoms with van der Waals surface area (Å²) in [5.41, 5.74) is 0.970. The maximum Gasteiger partial charge on any atom is 0.313 e. The SMILES string of the molecule is COC(=O)C(CCCCC[C@H]1C(=O)CC(O)[C@@H]1SCC(C)O)c1ccccc1. The van der Waals surface area contributed by atoms with Crippen molar-refractivity contribution in [3.05, 3.63) is 35.9 Å². The molecular weight excluding hydrogens is 376 g/mol. The van der Waals surface area contributed by atoms with E-state index < -0.39 is 12.2 Å². The maximum atomic E-state index is 12.2. The predicted molar refractivity (Wildman–Crippen MR) is 111 cm³/mol. The molecule has 0 radical (unpaired) electrons. The summed E-state index contributed by atoms with van der Waals surface area (Å²) in [6, 6.07) is 9.67. The Morgan fingerprint density at radius 1 is 1.25 bits per heavy atom. The summed E-state index contributed by atoms with van der Waals surface area (Å²) in [6.07, 6.45) is 3.33. The fourth-order valence-electron chi connectivity index (χ4n) is 3.87. The van der Waals surface area contributed by atoms with E-state index in [4.69, 9.17) is 4.74 Å². The van der Waals surface area contributed by atoms with Crippen molar-refractivity contribution in [1.82, 2.24) is 0 Å². The first-order valence-electron chi connectivity index (χ1n) is 10.1. The van der Waals surface area contributed by atoms with Crippen LogP contribution < -0.4 is 0 Å². The van der Waals surface area contributed by atoms with Gasteiger partial charge in [-0.1, -0.05) is 49.6 Å². The normalized spacial score (nSPS) is 24.1. The van der Waals surface area contributed by atoms with E-state index >= 15 is 0 Å². The highest BCUT2D eigenvalue weighted by atomic mass is 32.2. The Hall–Kier alpha value is -1.37.